The van der Waals surface area contributed by atoms with E-state index in [-0.39, 0.29) is 5.41 Å². The SMILES string of the molecule is CCC1([SiH3])C2=CC=CCC2C(C)C1(C)c1ccccc1. The average Bonchev–Trinajstić information content (AvgIpc) is 2.69. The van der Waals surface area contributed by atoms with Crippen LogP contribution in [0.15, 0.2) is 54.1 Å². The summed E-state index contributed by atoms with van der Waals surface area (Å²) in [5.41, 5.74) is 3.57. The Hall–Kier alpha value is -1.08. The molecule has 0 N–H and O–H groups in total. The Balaban J connectivity index is 2.20. The molecule has 20 heavy (non-hydrogen) atoms. The van der Waals surface area contributed by atoms with Gasteiger partial charge in [0.25, 0.3) is 0 Å². The molecule has 0 bridgehead atoms. The van der Waals surface area contributed by atoms with Crippen molar-refractivity contribution in [3.05, 3.63) is 59.7 Å². The third-order valence-corrected chi connectivity index (χ3v) is 8.90. The summed E-state index contributed by atoms with van der Waals surface area (Å²) in [5.74, 6) is 1.47. The Bertz CT molecular complexity index is 556. The summed E-state index contributed by atoms with van der Waals surface area (Å²) in [4.78, 5) is 0. The van der Waals surface area contributed by atoms with Gasteiger partial charge in [0.2, 0.25) is 0 Å². The summed E-state index contributed by atoms with van der Waals surface area (Å²) in [6.07, 6.45) is 9.59. The molecule has 0 radical (unpaired) electrons. The molecule has 0 aromatic heterocycles. The molecule has 1 aromatic carbocycles. The van der Waals surface area contributed by atoms with Crippen LogP contribution in [-0.2, 0) is 5.41 Å². The molecule has 1 saturated carbocycles. The molecule has 0 amide bonds. The highest BCUT2D eigenvalue weighted by molar-refractivity contribution is 6.19. The molecule has 0 nitrogen and oxygen atoms in total. The Morgan fingerprint density at radius 1 is 1.25 bits per heavy atom. The largest absolute Gasteiger partial charge is 0.0839 e. The Kier molecular flexibility index (Phi) is 3.28. The monoisotopic (exact) mass is 282 g/mol. The molecule has 1 heteroatoms. The number of rotatable bonds is 2. The molecule has 4 unspecified atom stereocenters. The summed E-state index contributed by atoms with van der Waals surface area (Å²) in [5, 5.41) is 0.406. The van der Waals surface area contributed by atoms with Crippen molar-refractivity contribution in [2.24, 2.45) is 11.8 Å². The fourth-order valence-corrected chi connectivity index (χ4v) is 6.14. The normalized spacial score (nSPS) is 39.6. The van der Waals surface area contributed by atoms with Gasteiger partial charge in [0, 0.05) is 15.7 Å². The number of fused-ring (bicyclic) bond motifs is 1. The van der Waals surface area contributed by atoms with E-state index in [1.807, 2.05) is 0 Å². The highest BCUT2D eigenvalue weighted by Crippen LogP contribution is 2.68. The van der Waals surface area contributed by atoms with Gasteiger partial charge in [-0.1, -0.05) is 74.9 Å². The zero-order valence-corrected chi connectivity index (χ0v) is 15.2. The van der Waals surface area contributed by atoms with E-state index >= 15 is 0 Å². The molecule has 0 spiro atoms. The van der Waals surface area contributed by atoms with Crippen LogP contribution in [0.1, 0.15) is 39.2 Å². The fraction of sp³-hybridized carbons (Fsp3) is 0.474. The van der Waals surface area contributed by atoms with Crippen LogP contribution in [-0.4, -0.2) is 10.2 Å². The molecule has 1 aromatic rings. The van der Waals surface area contributed by atoms with Crippen molar-refractivity contribution in [2.45, 2.75) is 44.1 Å². The quantitative estimate of drug-likeness (QED) is 0.718. The first kappa shape index (κ1) is 13.9. The van der Waals surface area contributed by atoms with Crippen molar-refractivity contribution < 1.29 is 0 Å². The van der Waals surface area contributed by atoms with E-state index in [2.05, 4.69) is 69.3 Å². The number of benzene rings is 1. The zero-order chi connectivity index (χ0) is 14.4. The van der Waals surface area contributed by atoms with E-state index in [1.165, 1.54) is 23.1 Å². The maximum Gasteiger partial charge on any atom is 0.0169 e. The van der Waals surface area contributed by atoms with E-state index in [4.69, 9.17) is 0 Å². The molecular formula is C19H26Si. The van der Waals surface area contributed by atoms with Crippen LogP contribution in [0.5, 0.6) is 0 Å². The minimum atomic E-state index is 0.289. The second-order valence-corrected chi connectivity index (χ2v) is 8.64. The Morgan fingerprint density at radius 3 is 2.60 bits per heavy atom. The summed E-state index contributed by atoms with van der Waals surface area (Å²) in [6, 6.07) is 11.3. The van der Waals surface area contributed by atoms with E-state index in [0.29, 0.717) is 5.04 Å². The number of hydrogen-bond acceptors (Lipinski definition) is 0. The van der Waals surface area contributed by atoms with Crippen LogP contribution >= 0.6 is 0 Å². The van der Waals surface area contributed by atoms with E-state index < -0.39 is 0 Å². The molecule has 0 saturated heterocycles. The maximum absolute atomic E-state index is 2.53. The van der Waals surface area contributed by atoms with E-state index in [9.17, 15) is 0 Å². The van der Waals surface area contributed by atoms with Gasteiger partial charge >= 0.3 is 0 Å². The topological polar surface area (TPSA) is 0 Å². The van der Waals surface area contributed by atoms with Gasteiger partial charge in [0.05, 0.1) is 0 Å². The predicted molar refractivity (Wildman–Crippen MR) is 91.2 cm³/mol. The summed E-state index contributed by atoms with van der Waals surface area (Å²) < 4.78 is 0. The lowest BCUT2D eigenvalue weighted by Crippen LogP contribution is -2.38. The highest BCUT2D eigenvalue weighted by Gasteiger charge is 2.59. The van der Waals surface area contributed by atoms with Gasteiger partial charge in [-0.05, 0) is 35.3 Å². The minimum Gasteiger partial charge on any atom is -0.0839 e. The van der Waals surface area contributed by atoms with Crippen molar-refractivity contribution in [2.75, 3.05) is 0 Å². The fourth-order valence-electron chi connectivity index (χ4n) is 4.86. The summed E-state index contributed by atoms with van der Waals surface area (Å²) >= 11 is 0. The van der Waals surface area contributed by atoms with Crippen LogP contribution in [0, 0.1) is 11.8 Å². The number of hydrogen-bond donors (Lipinski definition) is 0. The van der Waals surface area contributed by atoms with Gasteiger partial charge in [-0.15, -0.1) is 0 Å². The average molecular weight is 283 g/mol. The molecule has 0 heterocycles. The van der Waals surface area contributed by atoms with E-state index in [1.54, 1.807) is 11.1 Å². The first-order chi connectivity index (χ1) is 9.55. The molecule has 106 valence electrons. The lowest BCUT2D eigenvalue weighted by molar-refractivity contribution is 0.270. The second-order valence-electron chi connectivity index (χ2n) is 6.94. The summed E-state index contributed by atoms with van der Waals surface area (Å²) in [7, 11) is 1.23. The van der Waals surface area contributed by atoms with Gasteiger partial charge < -0.3 is 0 Å². The van der Waals surface area contributed by atoms with Crippen molar-refractivity contribution >= 4 is 10.2 Å². The molecule has 0 aliphatic heterocycles. The van der Waals surface area contributed by atoms with Crippen molar-refractivity contribution in [1.29, 1.82) is 0 Å². The third kappa shape index (κ3) is 1.59. The van der Waals surface area contributed by atoms with Crippen LogP contribution < -0.4 is 0 Å². The second kappa shape index (κ2) is 4.73. The highest BCUT2D eigenvalue weighted by atomic mass is 28.1. The van der Waals surface area contributed by atoms with Crippen molar-refractivity contribution in [1.82, 2.24) is 0 Å². The minimum absolute atomic E-state index is 0.289. The maximum atomic E-state index is 2.53. The third-order valence-electron chi connectivity index (χ3n) is 6.58. The van der Waals surface area contributed by atoms with E-state index in [0.717, 1.165) is 11.8 Å². The van der Waals surface area contributed by atoms with Crippen LogP contribution in [0.2, 0.25) is 5.04 Å². The predicted octanol–water partition coefficient (Wildman–Crippen LogP) is 4.03. The van der Waals surface area contributed by atoms with Gasteiger partial charge in [0.1, 0.15) is 0 Å². The lowest BCUT2D eigenvalue weighted by Gasteiger charge is -2.44. The molecular weight excluding hydrogens is 256 g/mol. The molecule has 4 atom stereocenters. The summed E-state index contributed by atoms with van der Waals surface area (Å²) in [6.45, 7) is 7.41. The molecule has 3 rings (SSSR count). The smallest absolute Gasteiger partial charge is 0.0169 e. The van der Waals surface area contributed by atoms with Crippen molar-refractivity contribution in [3.63, 3.8) is 0 Å². The molecule has 2 aliphatic carbocycles. The van der Waals surface area contributed by atoms with Crippen LogP contribution in [0.25, 0.3) is 0 Å². The molecule has 1 fully saturated rings. The van der Waals surface area contributed by atoms with Gasteiger partial charge in [-0.2, -0.15) is 0 Å². The van der Waals surface area contributed by atoms with Gasteiger partial charge in [-0.3, -0.25) is 0 Å². The first-order valence-corrected chi connectivity index (χ1v) is 8.98. The number of allylic oxidation sites excluding steroid dienone is 4. The van der Waals surface area contributed by atoms with Crippen LogP contribution in [0.3, 0.4) is 0 Å². The molecule has 2 aliphatic rings. The standard InChI is InChI=1S/C19H26Si/c1-4-19(20)17-13-9-8-12-16(17)14(2)18(19,3)15-10-6-5-7-11-15/h5-11,13-14,16H,4,12H2,1-3,20H3. The Labute approximate surface area is 126 Å². The van der Waals surface area contributed by atoms with Crippen molar-refractivity contribution in [3.8, 4) is 0 Å². The zero-order valence-electron chi connectivity index (χ0n) is 13.2. The van der Waals surface area contributed by atoms with Crippen LogP contribution in [0.4, 0.5) is 0 Å². The van der Waals surface area contributed by atoms with Gasteiger partial charge in [-0.25, -0.2) is 0 Å². The first-order valence-electron chi connectivity index (χ1n) is 7.98. The van der Waals surface area contributed by atoms with Gasteiger partial charge in [0.15, 0.2) is 0 Å². The Morgan fingerprint density at radius 2 is 1.95 bits per heavy atom. The lowest BCUT2D eigenvalue weighted by atomic mass is 9.66.